The van der Waals surface area contributed by atoms with Crippen molar-refractivity contribution < 1.29 is 9.90 Å². The molecule has 2 aromatic heterocycles. The first-order valence-electron chi connectivity index (χ1n) is 8.52. The van der Waals surface area contributed by atoms with Gasteiger partial charge >= 0.3 is 0 Å². The van der Waals surface area contributed by atoms with Crippen molar-refractivity contribution >= 4 is 40.4 Å². The highest BCUT2D eigenvalue weighted by atomic mass is 35.5. The second-order valence-electron chi connectivity index (χ2n) is 6.61. The third kappa shape index (κ3) is 3.50. The lowest BCUT2D eigenvalue weighted by molar-refractivity contribution is -0.0210. The quantitative estimate of drug-likeness (QED) is 0.650. The first-order valence-corrected chi connectivity index (χ1v) is 10.2. The van der Waals surface area contributed by atoms with E-state index in [1.807, 2.05) is 11.4 Å². The minimum atomic E-state index is -1.07. The summed E-state index contributed by atoms with van der Waals surface area (Å²) in [5.41, 5.74) is 1.17. The van der Waals surface area contributed by atoms with Crippen molar-refractivity contribution in [3.05, 3.63) is 63.2 Å². The molecule has 0 saturated carbocycles. The zero-order valence-electron chi connectivity index (χ0n) is 14.3. The normalized spacial score (nSPS) is 16.5. The number of H-pyrrole nitrogens is 1. The van der Waals surface area contributed by atoms with Crippen molar-refractivity contribution in [3.63, 3.8) is 0 Å². The molecule has 3 aromatic rings. The maximum absolute atomic E-state index is 12.8. The Morgan fingerprint density at radius 1 is 1.30 bits per heavy atom. The number of aromatic amines is 1. The number of halogens is 2. The molecular formula is C19H17Cl2N3O2S. The zero-order chi connectivity index (χ0) is 19.0. The van der Waals surface area contributed by atoms with Crippen LogP contribution in [0, 0.1) is 0 Å². The predicted molar refractivity (Wildman–Crippen MR) is 107 cm³/mol. The number of carbonyl (C=O) groups is 1. The molecule has 0 unspecified atom stereocenters. The highest BCUT2D eigenvalue weighted by Gasteiger charge is 2.37. The molecule has 1 aliphatic rings. The van der Waals surface area contributed by atoms with Gasteiger partial charge in [0.25, 0.3) is 5.91 Å². The summed E-state index contributed by atoms with van der Waals surface area (Å²) in [7, 11) is 0. The summed E-state index contributed by atoms with van der Waals surface area (Å²) in [5.74, 6) is -0.0276. The van der Waals surface area contributed by atoms with Gasteiger partial charge < -0.3 is 10.0 Å². The number of hydrogen-bond acceptors (Lipinski definition) is 4. The summed E-state index contributed by atoms with van der Waals surface area (Å²) >= 11 is 13.9. The number of carbonyl (C=O) groups excluding carboxylic acids is 1. The van der Waals surface area contributed by atoms with Gasteiger partial charge in [0.15, 0.2) is 0 Å². The number of likely N-dealkylation sites (tertiary alicyclic amines) is 1. The third-order valence-corrected chi connectivity index (χ3v) is 6.76. The van der Waals surface area contributed by atoms with Crippen molar-refractivity contribution in [2.75, 3.05) is 13.1 Å². The monoisotopic (exact) mass is 421 g/mol. The SMILES string of the molecule is O=C(c1csc(-c2cn[nH]c2)c1)N1CCC(O)(c2cccc(Cl)c2Cl)CC1. The fraction of sp³-hybridized carbons (Fsp3) is 0.263. The van der Waals surface area contributed by atoms with Gasteiger partial charge in [-0.25, -0.2) is 0 Å². The molecule has 1 aliphatic heterocycles. The second-order valence-corrected chi connectivity index (χ2v) is 8.31. The molecule has 1 saturated heterocycles. The molecular weight excluding hydrogens is 405 g/mol. The van der Waals surface area contributed by atoms with E-state index in [-0.39, 0.29) is 5.91 Å². The number of piperidine rings is 1. The molecule has 0 radical (unpaired) electrons. The molecule has 4 rings (SSSR count). The molecule has 8 heteroatoms. The van der Waals surface area contributed by atoms with Crippen LogP contribution in [0.1, 0.15) is 28.8 Å². The van der Waals surface area contributed by atoms with Crippen LogP contribution >= 0.6 is 34.5 Å². The molecule has 3 heterocycles. The average molecular weight is 422 g/mol. The van der Waals surface area contributed by atoms with Crippen LogP contribution in [-0.2, 0) is 5.60 Å². The standard InChI is InChI=1S/C19H17Cl2N3O2S/c20-15-3-1-2-14(17(15)21)19(26)4-6-24(7-5-19)18(25)12-8-16(27-11-12)13-9-22-23-10-13/h1-3,8-11,26H,4-7H2,(H,22,23). The van der Waals surface area contributed by atoms with E-state index in [0.29, 0.717) is 47.1 Å². The molecule has 2 N–H and O–H groups in total. The third-order valence-electron chi connectivity index (χ3n) is 4.96. The van der Waals surface area contributed by atoms with Crippen LogP contribution < -0.4 is 0 Å². The number of nitrogens with one attached hydrogen (secondary N) is 1. The smallest absolute Gasteiger partial charge is 0.254 e. The molecule has 27 heavy (non-hydrogen) atoms. The Kier molecular flexibility index (Phi) is 4.99. The number of hydrogen-bond donors (Lipinski definition) is 2. The molecule has 0 atom stereocenters. The predicted octanol–water partition coefficient (Wildman–Crippen LogP) is 4.57. The highest BCUT2D eigenvalue weighted by Crippen LogP contribution is 2.40. The second kappa shape index (κ2) is 7.28. The number of benzene rings is 1. The van der Waals surface area contributed by atoms with E-state index in [0.717, 1.165) is 10.4 Å². The van der Waals surface area contributed by atoms with Crippen molar-refractivity contribution in [1.82, 2.24) is 15.1 Å². The van der Waals surface area contributed by atoms with Crippen LogP contribution in [0.3, 0.4) is 0 Å². The van der Waals surface area contributed by atoms with Gasteiger partial charge in [-0.2, -0.15) is 5.10 Å². The molecule has 0 spiro atoms. The van der Waals surface area contributed by atoms with Gasteiger partial charge in [-0.05, 0) is 25.0 Å². The number of aliphatic hydroxyl groups is 1. The number of amides is 1. The Morgan fingerprint density at radius 3 is 2.78 bits per heavy atom. The van der Waals surface area contributed by atoms with E-state index in [4.69, 9.17) is 23.2 Å². The van der Waals surface area contributed by atoms with Crippen LogP contribution in [0.5, 0.6) is 0 Å². The van der Waals surface area contributed by atoms with Crippen molar-refractivity contribution in [2.24, 2.45) is 0 Å². The van der Waals surface area contributed by atoms with E-state index in [2.05, 4.69) is 10.2 Å². The fourth-order valence-corrected chi connectivity index (χ4v) is 4.72. The first kappa shape index (κ1) is 18.5. The van der Waals surface area contributed by atoms with E-state index in [9.17, 15) is 9.90 Å². The van der Waals surface area contributed by atoms with Gasteiger partial charge in [0, 0.05) is 40.7 Å². The Hall–Kier alpha value is -1.86. The van der Waals surface area contributed by atoms with E-state index in [1.165, 1.54) is 11.3 Å². The van der Waals surface area contributed by atoms with Crippen molar-refractivity contribution in [1.29, 1.82) is 0 Å². The minimum Gasteiger partial charge on any atom is -0.385 e. The summed E-state index contributed by atoms with van der Waals surface area (Å²) in [6.07, 6.45) is 4.36. The largest absolute Gasteiger partial charge is 0.385 e. The van der Waals surface area contributed by atoms with Gasteiger partial charge in [0.2, 0.25) is 0 Å². The number of thiophene rings is 1. The Morgan fingerprint density at radius 2 is 2.07 bits per heavy atom. The summed E-state index contributed by atoms with van der Waals surface area (Å²) in [4.78, 5) is 15.6. The van der Waals surface area contributed by atoms with Gasteiger partial charge in [0.05, 0.1) is 27.4 Å². The molecule has 0 aliphatic carbocycles. The van der Waals surface area contributed by atoms with Crippen LogP contribution in [0.15, 0.2) is 42.0 Å². The molecule has 1 aromatic carbocycles. The van der Waals surface area contributed by atoms with Gasteiger partial charge in [-0.1, -0.05) is 35.3 Å². The molecule has 1 amide bonds. The molecule has 140 valence electrons. The summed E-state index contributed by atoms with van der Waals surface area (Å²) < 4.78 is 0. The van der Waals surface area contributed by atoms with Crippen molar-refractivity contribution in [3.8, 4) is 10.4 Å². The lowest BCUT2D eigenvalue weighted by Crippen LogP contribution is -2.45. The number of nitrogens with zero attached hydrogens (tertiary/aromatic N) is 2. The van der Waals surface area contributed by atoms with Gasteiger partial charge in [-0.3, -0.25) is 9.89 Å². The van der Waals surface area contributed by atoms with Crippen LogP contribution in [0.2, 0.25) is 10.0 Å². The van der Waals surface area contributed by atoms with Crippen LogP contribution in [0.4, 0.5) is 0 Å². The summed E-state index contributed by atoms with van der Waals surface area (Å²) in [6.45, 7) is 0.907. The topological polar surface area (TPSA) is 69.2 Å². The first-order chi connectivity index (χ1) is 13.0. The molecule has 5 nitrogen and oxygen atoms in total. The lowest BCUT2D eigenvalue weighted by Gasteiger charge is -2.39. The Labute approximate surface area is 170 Å². The van der Waals surface area contributed by atoms with Gasteiger partial charge in [-0.15, -0.1) is 11.3 Å². The van der Waals surface area contributed by atoms with E-state index >= 15 is 0 Å². The lowest BCUT2D eigenvalue weighted by atomic mass is 9.84. The Bertz CT molecular complexity index is 963. The van der Waals surface area contributed by atoms with E-state index < -0.39 is 5.60 Å². The van der Waals surface area contributed by atoms with E-state index in [1.54, 1.807) is 35.5 Å². The van der Waals surface area contributed by atoms with Crippen LogP contribution in [-0.4, -0.2) is 39.2 Å². The minimum absolute atomic E-state index is 0.0276. The Balaban J connectivity index is 1.47. The summed E-state index contributed by atoms with van der Waals surface area (Å²) in [5, 5.41) is 20.4. The number of aromatic nitrogens is 2. The van der Waals surface area contributed by atoms with Crippen LogP contribution in [0.25, 0.3) is 10.4 Å². The van der Waals surface area contributed by atoms with Crippen molar-refractivity contribution in [2.45, 2.75) is 18.4 Å². The fourth-order valence-electron chi connectivity index (χ4n) is 3.38. The van der Waals surface area contributed by atoms with Gasteiger partial charge in [0.1, 0.15) is 0 Å². The average Bonchev–Trinajstić information content (AvgIpc) is 3.35. The zero-order valence-corrected chi connectivity index (χ0v) is 16.6. The molecule has 1 fully saturated rings. The summed E-state index contributed by atoms with van der Waals surface area (Å²) in [6, 6.07) is 7.15. The maximum atomic E-state index is 12.8. The number of rotatable bonds is 3. The highest BCUT2D eigenvalue weighted by molar-refractivity contribution is 7.13. The maximum Gasteiger partial charge on any atom is 0.254 e. The molecule has 0 bridgehead atoms.